The van der Waals surface area contributed by atoms with E-state index in [2.05, 4.69) is 20.4 Å². The van der Waals surface area contributed by atoms with Gasteiger partial charge in [-0.25, -0.2) is 9.97 Å². The van der Waals surface area contributed by atoms with Crippen LogP contribution in [0.5, 0.6) is 0 Å². The number of hydrogen-bond donors (Lipinski definition) is 1. The third-order valence-electron chi connectivity index (χ3n) is 4.35. The van der Waals surface area contributed by atoms with Crippen LogP contribution in [0, 0.1) is 6.92 Å². The van der Waals surface area contributed by atoms with E-state index in [0.29, 0.717) is 5.95 Å². The summed E-state index contributed by atoms with van der Waals surface area (Å²) in [5, 5.41) is 7.30. The molecule has 7 heteroatoms. The SMILES string of the molecule is COC(=O)Cc1ccccc1CCc1nc(Nc2cnn(C)c2)ncc1C. The number of ether oxygens (including phenoxy) is 1. The van der Waals surface area contributed by atoms with Gasteiger partial charge in [0.25, 0.3) is 0 Å². The number of benzene rings is 1. The molecule has 0 unspecified atom stereocenters. The summed E-state index contributed by atoms with van der Waals surface area (Å²) in [5.41, 5.74) is 4.98. The van der Waals surface area contributed by atoms with Gasteiger partial charge in [0.2, 0.25) is 5.95 Å². The van der Waals surface area contributed by atoms with E-state index in [1.165, 1.54) is 7.11 Å². The van der Waals surface area contributed by atoms with E-state index >= 15 is 0 Å². The van der Waals surface area contributed by atoms with Gasteiger partial charge in [-0.2, -0.15) is 5.10 Å². The standard InChI is InChI=1S/C20H23N5O2/c1-14-11-21-20(23-17-12-22-25(2)13-17)24-18(14)9-8-15-6-4-5-7-16(15)10-19(26)27-3/h4-7,11-13H,8-10H2,1-3H3,(H,21,23,24). The molecule has 2 aromatic heterocycles. The number of nitrogens with zero attached hydrogens (tertiary/aromatic N) is 4. The molecule has 0 aliphatic heterocycles. The van der Waals surface area contributed by atoms with Gasteiger partial charge in [-0.1, -0.05) is 24.3 Å². The lowest BCUT2D eigenvalue weighted by molar-refractivity contribution is -0.139. The third kappa shape index (κ3) is 4.91. The van der Waals surface area contributed by atoms with Crippen LogP contribution in [-0.4, -0.2) is 32.8 Å². The Bertz CT molecular complexity index is 936. The van der Waals surface area contributed by atoms with Gasteiger partial charge in [0.1, 0.15) is 0 Å². The number of aromatic nitrogens is 4. The van der Waals surface area contributed by atoms with Gasteiger partial charge in [0, 0.05) is 25.1 Å². The van der Waals surface area contributed by atoms with Gasteiger partial charge >= 0.3 is 5.97 Å². The highest BCUT2D eigenvalue weighted by atomic mass is 16.5. The normalized spacial score (nSPS) is 10.6. The van der Waals surface area contributed by atoms with Crippen molar-refractivity contribution in [2.45, 2.75) is 26.2 Å². The molecule has 0 spiro atoms. The van der Waals surface area contributed by atoms with Crippen molar-refractivity contribution >= 4 is 17.6 Å². The first-order valence-electron chi connectivity index (χ1n) is 8.77. The summed E-state index contributed by atoms with van der Waals surface area (Å²) >= 11 is 0. The second-order valence-electron chi connectivity index (χ2n) is 6.37. The number of esters is 1. The smallest absolute Gasteiger partial charge is 0.309 e. The van der Waals surface area contributed by atoms with Crippen molar-refractivity contribution in [1.29, 1.82) is 0 Å². The monoisotopic (exact) mass is 365 g/mol. The van der Waals surface area contributed by atoms with Crippen molar-refractivity contribution < 1.29 is 9.53 Å². The van der Waals surface area contributed by atoms with Crippen LogP contribution in [-0.2, 0) is 35.8 Å². The van der Waals surface area contributed by atoms with Crippen LogP contribution in [0.15, 0.2) is 42.9 Å². The van der Waals surface area contributed by atoms with Crippen LogP contribution in [0.1, 0.15) is 22.4 Å². The molecule has 27 heavy (non-hydrogen) atoms. The molecule has 0 aliphatic carbocycles. The molecule has 3 aromatic rings. The lowest BCUT2D eigenvalue weighted by Crippen LogP contribution is -2.08. The Morgan fingerprint density at radius 2 is 1.96 bits per heavy atom. The summed E-state index contributed by atoms with van der Waals surface area (Å²) in [6.07, 6.45) is 7.24. The number of hydrogen-bond acceptors (Lipinski definition) is 6. The summed E-state index contributed by atoms with van der Waals surface area (Å²) in [6.45, 7) is 2.00. The number of rotatable bonds is 7. The summed E-state index contributed by atoms with van der Waals surface area (Å²) in [7, 11) is 3.27. The Morgan fingerprint density at radius 3 is 2.67 bits per heavy atom. The van der Waals surface area contributed by atoms with Gasteiger partial charge in [-0.15, -0.1) is 0 Å². The van der Waals surface area contributed by atoms with Gasteiger partial charge in [-0.05, 0) is 36.5 Å². The molecular formula is C20H23N5O2. The van der Waals surface area contributed by atoms with Crippen molar-refractivity contribution in [2.75, 3.05) is 12.4 Å². The summed E-state index contributed by atoms with van der Waals surface area (Å²) in [4.78, 5) is 20.6. The van der Waals surface area contributed by atoms with Gasteiger partial charge in [0.15, 0.2) is 0 Å². The summed E-state index contributed by atoms with van der Waals surface area (Å²) < 4.78 is 6.51. The molecule has 0 amide bonds. The van der Waals surface area contributed by atoms with Crippen LogP contribution in [0.3, 0.4) is 0 Å². The van der Waals surface area contributed by atoms with Gasteiger partial charge in [-0.3, -0.25) is 9.48 Å². The molecule has 3 rings (SSSR count). The number of methoxy groups -OCH3 is 1. The van der Waals surface area contributed by atoms with Crippen LogP contribution in [0.2, 0.25) is 0 Å². The van der Waals surface area contributed by atoms with Crippen molar-refractivity contribution in [3.05, 3.63) is 65.2 Å². The first-order chi connectivity index (χ1) is 13.0. The van der Waals surface area contributed by atoms with E-state index in [0.717, 1.165) is 40.9 Å². The zero-order valence-electron chi connectivity index (χ0n) is 15.8. The highest BCUT2D eigenvalue weighted by Crippen LogP contribution is 2.17. The minimum absolute atomic E-state index is 0.233. The molecule has 0 fully saturated rings. The predicted molar refractivity (Wildman–Crippen MR) is 103 cm³/mol. The predicted octanol–water partition coefficient (Wildman–Crippen LogP) is 2.76. The minimum Gasteiger partial charge on any atom is -0.469 e. The maximum atomic E-state index is 11.6. The zero-order chi connectivity index (χ0) is 19.2. The fraction of sp³-hybridized carbons (Fsp3) is 0.300. The molecule has 0 atom stereocenters. The van der Waals surface area contributed by atoms with Crippen LogP contribution >= 0.6 is 0 Å². The maximum absolute atomic E-state index is 11.6. The number of carbonyl (C=O) groups excluding carboxylic acids is 1. The highest BCUT2D eigenvalue weighted by Gasteiger charge is 2.10. The number of carbonyl (C=O) groups is 1. The lowest BCUT2D eigenvalue weighted by atomic mass is 9.99. The lowest BCUT2D eigenvalue weighted by Gasteiger charge is -2.11. The fourth-order valence-corrected chi connectivity index (χ4v) is 2.86. The Kier molecular flexibility index (Phi) is 5.80. The average molecular weight is 365 g/mol. The highest BCUT2D eigenvalue weighted by molar-refractivity contribution is 5.72. The molecule has 140 valence electrons. The molecular weight excluding hydrogens is 342 g/mol. The van der Waals surface area contributed by atoms with Crippen LogP contribution < -0.4 is 5.32 Å². The Morgan fingerprint density at radius 1 is 1.19 bits per heavy atom. The van der Waals surface area contributed by atoms with E-state index in [-0.39, 0.29) is 12.4 Å². The quantitative estimate of drug-likeness (QED) is 0.649. The fourth-order valence-electron chi connectivity index (χ4n) is 2.86. The van der Waals surface area contributed by atoms with E-state index in [4.69, 9.17) is 4.74 Å². The molecule has 1 aromatic carbocycles. The van der Waals surface area contributed by atoms with E-state index in [1.807, 2.05) is 50.6 Å². The number of nitrogens with one attached hydrogen (secondary N) is 1. The van der Waals surface area contributed by atoms with Crippen molar-refractivity contribution in [3.63, 3.8) is 0 Å². The second kappa shape index (κ2) is 8.44. The van der Waals surface area contributed by atoms with Crippen molar-refractivity contribution in [2.24, 2.45) is 7.05 Å². The number of anilines is 2. The largest absolute Gasteiger partial charge is 0.469 e. The Balaban J connectivity index is 1.72. The first-order valence-corrected chi connectivity index (χ1v) is 8.77. The molecule has 0 saturated carbocycles. The molecule has 0 bridgehead atoms. The molecule has 0 radical (unpaired) electrons. The zero-order valence-corrected chi connectivity index (χ0v) is 15.8. The van der Waals surface area contributed by atoms with Gasteiger partial charge < -0.3 is 10.1 Å². The van der Waals surface area contributed by atoms with Crippen molar-refractivity contribution in [1.82, 2.24) is 19.7 Å². The number of aryl methyl sites for hydroxylation is 4. The van der Waals surface area contributed by atoms with Gasteiger partial charge in [0.05, 0.1) is 25.4 Å². The first kappa shape index (κ1) is 18.6. The van der Waals surface area contributed by atoms with E-state index in [9.17, 15) is 4.79 Å². The molecule has 0 saturated heterocycles. The molecule has 0 aliphatic rings. The summed E-state index contributed by atoms with van der Waals surface area (Å²) in [5.74, 6) is 0.315. The Hall–Kier alpha value is -3.22. The summed E-state index contributed by atoms with van der Waals surface area (Å²) in [6, 6.07) is 7.93. The maximum Gasteiger partial charge on any atom is 0.309 e. The average Bonchev–Trinajstić information content (AvgIpc) is 3.07. The topological polar surface area (TPSA) is 81.9 Å². The second-order valence-corrected chi connectivity index (χ2v) is 6.37. The van der Waals surface area contributed by atoms with Crippen LogP contribution in [0.25, 0.3) is 0 Å². The molecule has 2 heterocycles. The van der Waals surface area contributed by atoms with E-state index < -0.39 is 0 Å². The molecule has 1 N–H and O–H groups in total. The van der Waals surface area contributed by atoms with Crippen LogP contribution in [0.4, 0.5) is 11.6 Å². The van der Waals surface area contributed by atoms with E-state index in [1.54, 1.807) is 10.9 Å². The molecule has 7 nitrogen and oxygen atoms in total. The Labute approximate surface area is 158 Å². The van der Waals surface area contributed by atoms with Crippen molar-refractivity contribution in [3.8, 4) is 0 Å². The minimum atomic E-state index is -0.233. The third-order valence-corrected chi connectivity index (χ3v) is 4.35.